The first-order valence-corrected chi connectivity index (χ1v) is 10.8. The minimum Gasteiger partial charge on any atom is -0.493 e. The van der Waals surface area contributed by atoms with Gasteiger partial charge in [-0.1, -0.05) is 31.5 Å². The van der Waals surface area contributed by atoms with Gasteiger partial charge in [-0.2, -0.15) is 0 Å². The molecule has 33 heavy (non-hydrogen) atoms. The number of nitrogens with one attached hydrogen (secondary N) is 2. The van der Waals surface area contributed by atoms with E-state index < -0.39 is 0 Å². The minimum absolute atomic E-state index is 0.215. The number of unbranched alkanes of at least 4 members (excludes halogenated alkanes) is 1. The first-order valence-electron chi connectivity index (χ1n) is 10.8. The van der Waals surface area contributed by atoms with Crippen LogP contribution < -0.4 is 20.1 Å². The summed E-state index contributed by atoms with van der Waals surface area (Å²) in [6.07, 6.45) is 6.69. The fraction of sp³-hybridized carbons (Fsp3) is 0.231. The van der Waals surface area contributed by atoms with Crippen molar-refractivity contribution in [2.45, 2.75) is 26.3 Å². The molecule has 0 aliphatic heterocycles. The molecule has 7 heteroatoms. The van der Waals surface area contributed by atoms with Crippen LogP contribution in [0, 0.1) is 0 Å². The van der Waals surface area contributed by atoms with Crippen molar-refractivity contribution in [1.29, 1.82) is 0 Å². The SMILES string of the molecule is CCCCOc1ccc(/C=C/C(=O)NCc2ccc(NC(=O)c3ccco3)cc2)cc1OC. The lowest BCUT2D eigenvalue weighted by atomic mass is 10.1. The molecule has 2 aromatic carbocycles. The summed E-state index contributed by atoms with van der Waals surface area (Å²) in [7, 11) is 1.59. The number of carbonyl (C=O) groups is 2. The zero-order chi connectivity index (χ0) is 23.5. The molecule has 172 valence electrons. The number of carbonyl (C=O) groups excluding carboxylic acids is 2. The molecule has 2 amide bonds. The van der Waals surface area contributed by atoms with Gasteiger partial charge in [0.05, 0.1) is 20.0 Å². The molecule has 1 aromatic heterocycles. The second-order valence-electron chi connectivity index (χ2n) is 7.29. The van der Waals surface area contributed by atoms with Crippen molar-refractivity contribution in [3.05, 3.63) is 83.8 Å². The van der Waals surface area contributed by atoms with Crippen molar-refractivity contribution < 1.29 is 23.5 Å². The molecular formula is C26H28N2O5. The summed E-state index contributed by atoms with van der Waals surface area (Å²) in [5.41, 5.74) is 2.38. The Morgan fingerprint density at radius 2 is 1.88 bits per heavy atom. The number of furan rings is 1. The van der Waals surface area contributed by atoms with E-state index in [1.54, 1.807) is 37.5 Å². The van der Waals surface area contributed by atoms with Crippen LogP contribution in [0.25, 0.3) is 6.08 Å². The van der Waals surface area contributed by atoms with Crippen LogP contribution in [-0.2, 0) is 11.3 Å². The predicted molar refractivity (Wildman–Crippen MR) is 127 cm³/mol. The van der Waals surface area contributed by atoms with Gasteiger partial charge in [0.2, 0.25) is 5.91 Å². The number of benzene rings is 2. The summed E-state index contributed by atoms with van der Waals surface area (Å²) in [6, 6.07) is 16.0. The number of anilines is 1. The third kappa shape index (κ3) is 7.28. The zero-order valence-electron chi connectivity index (χ0n) is 18.8. The Hall–Kier alpha value is -4.00. The molecule has 0 unspecified atom stereocenters. The predicted octanol–water partition coefficient (Wildman–Crippen LogP) is 5.05. The van der Waals surface area contributed by atoms with Crippen molar-refractivity contribution in [3.8, 4) is 11.5 Å². The van der Waals surface area contributed by atoms with Gasteiger partial charge in [0, 0.05) is 18.3 Å². The molecule has 0 saturated carbocycles. The molecule has 0 radical (unpaired) electrons. The fourth-order valence-electron chi connectivity index (χ4n) is 2.96. The highest BCUT2D eigenvalue weighted by molar-refractivity contribution is 6.02. The number of methoxy groups -OCH3 is 1. The molecule has 3 rings (SSSR count). The summed E-state index contributed by atoms with van der Waals surface area (Å²) in [5.74, 6) is 1.04. The molecule has 0 aliphatic rings. The molecule has 0 fully saturated rings. The molecule has 0 saturated heterocycles. The van der Waals surface area contributed by atoms with Crippen molar-refractivity contribution >= 4 is 23.6 Å². The van der Waals surface area contributed by atoms with E-state index in [1.165, 1.54) is 12.3 Å². The first kappa shape index (κ1) is 23.7. The maximum atomic E-state index is 12.2. The third-order valence-electron chi connectivity index (χ3n) is 4.79. The van der Waals surface area contributed by atoms with Gasteiger partial charge in [-0.25, -0.2) is 0 Å². The first-order chi connectivity index (χ1) is 16.1. The Balaban J connectivity index is 1.49. The van der Waals surface area contributed by atoms with Crippen LogP contribution in [0.15, 0.2) is 71.4 Å². The highest BCUT2D eigenvalue weighted by atomic mass is 16.5. The summed E-state index contributed by atoms with van der Waals surface area (Å²) < 4.78 is 16.2. The number of hydrogen-bond acceptors (Lipinski definition) is 5. The van der Waals surface area contributed by atoms with Gasteiger partial charge in [-0.15, -0.1) is 0 Å². The maximum absolute atomic E-state index is 12.2. The molecule has 0 bridgehead atoms. The van der Waals surface area contributed by atoms with Gasteiger partial charge >= 0.3 is 0 Å². The van der Waals surface area contributed by atoms with Crippen LogP contribution in [0.2, 0.25) is 0 Å². The molecule has 0 spiro atoms. The Morgan fingerprint density at radius 1 is 1.06 bits per heavy atom. The van der Waals surface area contributed by atoms with Crippen LogP contribution in [0.1, 0.15) is 41.4 Å². The minimum atomic E-state index is -0.316. The van der Waals surface area contributed by atoms with Crippen molar-refractivity contribution in [2.24, 2.45) is 0 Å². The molecule has 0 atom stereocenters. The monoisotopic (exact) mass is 448 g/mol. The van der Waals surface area contributed by atoms with E-state index in [-0.39, 0.29) is 17.6 Å². The van der Waals surface area contributed by atoms with Gasteiger partial charge in [0.1, 0.15) is 0 Å². The summed E-state index contributed by atoms with van der Waals surface area (Å²) in [6.45, 7) is 3.11. The van der Waals surface area contributed by atoms with Crippen LogP contribution in [-0.4, -0.2) is 25.5 Å². The number of ether oxygens (including phenoxy) is 2. The van der Waals surface area contributed by atoms with Crippen LogP contribution >= 0.6 is 0 Å². The number of amides is 2. The largest absolute Gasteiger partial charge is 0.493 e. The standard InChI is InChI=1S/C26H28N2O5/c1-3-4-15-32-22-13-9-19(17-24(22)31-2)10-14-25(29)27-18-20-7-11-21(12-8-20)28-26(30)23-6-5-16-33-23/h5-14,16-17H,3-4,15,18H2,1-2H3,(H,27,29)(H,28,30)/b14-10+. The van der Waals surface area contributed by atoms with Crippen molar-refractivity contribution in [3.63, 3.8) is 0 Å². The van der Waals surface area contributed by atoms with Gasteiger partial charge in [-0.3, -0.25) is 9.59 Å². The topological polar surface area (TPSA) is 89.8 Å². The summed E-state index contributed by atoms with van der Waals surface area (Å²) in [5, 5.41) is 5.59. The Morgan fingerprint density at radius 3 is 2.58 bits per heavy atom. The summed E-state index contributed by atoms with van der Waals surface area (Å²) in [4.78, 5) is 24.2. The van der Waals surface area contributed by atoms with E-state index in [9.17, 15) is 9.59 Å². The molecule has 3 aromatic rings. The average molecular weight is 449 g/mol. The van der Waals surface area contributed by atoms with Crippen LogP contribution in [0.4, 0.5) is 5.69 Å². The van der Waals surface area contributed by atoms with E-state index >= 15 is 0 Å². The Bertz CT molecular complexity index is 1070. The quantitative estimate of drug-likeness (QED) is 0.317. The normalized spacial score (nSPS) is 10.7. The van der Waals surface area contributed by atoms with Crippen LogP contribution in [0.3, 0.4) is 0 Å². The van der Waals surface area contributed by atoms with Crippen molar-refractivity contribution in [2.75, 3.05) is 19.0 Å². The van der Waals surface area contributed by atoms with Crippen LogP contribution in [0.5, 0.6) is 11.5 Å². The molecule has 0 aliphatic carbocycles. The highest BCUT2D eigenvalue weighted by Crippen LogP contribution is 2.28. The van der Waals surface area contributed by atoms with Gasteiger partial charge < -0.3 is 24.5 Å². The Labute approximate surface area is 193 Å². The maximum Gasteiger partial charge on any atom is 0.291 e. The fourth-order valence-corrected chi connectivity index (χ4v) is 2.96. The van der Waals surface area contributed by atoms with Crippen molar-refractivity contribution in [1.82, 2.24) is 5.32 Å². The highest BCUT2D eigenvalue weighted by Gasteiger charge is 2.08. The second kappa shape index (κ2) is 12.1. The number of rotatable bonds is 11. The zero-order valence-corrected chi connectivity index (χ0v) is 18.8. The smallest absolute Gasteiger partial charge is 0.291 e. The lowest BCUT2D eigenvalue weighted by Crippen LogP contribution is -2.20. The van der Waals surface area contributed by atoms with Gasteiger partial charge in [0.25, 0.3) is 5.91 Å². The molecular weight excluding hydrogens is 420 g/mol. The van der Waals surface area contributed by atoms with E-state index in [4.69, 9.17) is 13.9 Å². The lowest BCUT2D eigenvalue weighted by molar-refractivity contribution is -0.116. The molecule has 7 nitrogen and oxygen atoms in total. The average Bonchev–Trinajstić information content (AvgIpc) is 3.38. The van der Waals surface area contributed by atoms with E-state index in [2.05, 4.69) is 17.6 Å². The Kier molecular flexibility index (Phi) is 8.71. The summed E-state index contributed by atoms with van der Waals surface area (Å²) >= 11 is 0. The second-order valence-corrected chi connectivity index (χ2v) is 7.29. The third-order valence-corrected chi connectivity index (χ3v) is 4.79. The van der Waals surface area contributed by atoms with E-state index in [1.807, 2.05) is 30.3 Å². The van der Waals surface area contributed by atoms with E-state index in [0.717, 1.165) is 24.0 Å². The lowest BCUT2D eigenvalue weighted by Gasteiger charge is -2.11. The molecule has 2 N–H and O–H groups in total. The number of hydrogen-bond donors (Lipinski definition) is 2. The van der Waals surface area contributed by atoms with Gasteiger partial charge in [-0.05, 0) is 60.0 Å². The van der Waals surface area contributed by atoms with E-state index in [0.29, 0.717) is 30.3 Å². The van der Waals surface area contributed by atoms with Gasteiger partial charge in [0.15, 0.2) is 17.3 Å². The molecule has 1 heterocycles.